The molecule has 3 aliphatic rings. The number of hydrogen-bond donors (Lipinski definition) is 2. The maximum Gasteiger partial charge on any atom is 0.412 e. The van der Waals surface area contributed by atoms with Gasteiger partial charge in [-0.2, -0.15) is 0 Å². The van der Waals surface area contributed by atoms with E-state index in [0.29, 0.717) is 11.6 Å². The SMILES string of the molecule is C#CCOC(=O)Nc1ccc(N2CCCC3(CCN(C4CCC(O)CC4)C3=O)C2)cc1. The lowest BCUT2D eigenvalue weighted by Gasteiger charge is -2.41. The Labute approximate surface area is 183 Å². The van der Waals surface area contributed by atoms with Crippen molar-refractivity contribution in [1.82, 2.24) is 4.90 Å². The van der Waals surface area contributed by atoms with E-state index in [9.17, 15) is 14.7 Å². The first kappa shape index (κ1) is 21.5. The molecule has 1 aromatic rings. The molecule has 7 nitrogen and oxygen atoms in total. The van der Waals surface area contributed by atoms with Gasteiger partial charge in [-0.3, -0.25) is 10.1 Å². The van der Waals surface area contributed by atoms with Crippen molar-refractivity contribution in [3.05, 3.63) is 24.3 Å². The molecule has 1 aliphatic carbocycles. The number of carbonyl (C=O) groups is 2. The van der Waals surface area contributed by atoms with Gasteiger partial charge in [0, 0.05) is 37.1 Å². The zero-order valence-electron chi connectivity index (χ0n) is 17.9. The summed E-state index contributed by atoms with van der Waals surface area (Å²) < 4.78 is 4.83. The number of aliphatic hydroxyl groups is 1. The van der Waals surface area contributed by atoms with Crippen LogP contribution in [0.2, 0.25) is 0 Å². The smallest absolute Gasteiger partial charge is 0.412 e. The molecule has 31 heavy (non-hydrogen) atoms. The molecule has 2 amide bonds. The number of terminal acetylenes is 1. The molecule has 3 fully saturated rings. The van der Waals surface area contributed by atoms with E-state index in [4.69, 9.17) is 11.2 Å². The summed E-state index contributed by atoms with van der Waals surface area (Å²) in [5.74, 6) is 2.56. The molecule has 1 spiro atoms. The molecule has 1 atom stereocenters. The number of rotatable bonds is 4. The molecule has 1 aromatic carbocycles. The molecule has 0 radical (unpaired) electrons. The van der Waals surface area contributed by atoms with E-state index in [1.165, 1.54) is 0 Å². The Balaban J connectivity index is 1.39. The topological polar surface area (TPSA) is 82.1 Å². The fourth-order valence-electron chi connectivity index (χ4n) is 5.31. The highest BCUT2D eigenvalue weighted by molar-refractivity contribution is 5.87. The van der Waals surface area contributed by atoms with Gasteiger partial charge in [0.15, 0.2) is 6.61 Å². The van der Waals surface area contributed by atoms with Crippen LogP contribution in [0.5, 0.6) is 0 Å². The predicted molar refractivity (Wildman–Crippen MR) is 119 cm³/mol. The van der Waals surface area contributed by atoms with Gasteiger partial charge >= 0.3 is 6.09 Å². The van der Waals surface area contributed by atoms with E-state index in [-0.39, 0.29) is 24.2 Å². The Hall–Kier alpha value is -2.72. The van der Waals surface area contributed by atoms with Crippen LogP contribution < -0.4 is 10.2 Å². The summed E-state index contributed by atoms with van der Waals surface area (Å²) in [6.07, 6.45) is 10.6. The van der Waals surface area contributed by atoms with E-state index in [1.807, 2.05) is 24.3 Å². The number of aliphatic hydroxyl groups excluding tert-OH is 1. The zero-order chi connectivity index (χ0) is 21.8. The van der Waals surface area contributed by atoms with E-state index in [1.54, 1.807) is 0 Å². The lowest BCUT2D eigenvalue weighted by Crippen LogP contribution is -2.50. The molecule has 4 rings (SSSR count). The van der Waals surface area contributed by atoms with Crippen molar-refractivity contribution in [3.8, 4) is 12.3 Å². The van der Waals surface area contributed by atoms with Crippen LogP contribution in [0.15, 0.2) is 24.3 Å². The normalized spacial score (nSPS) is 28.5. The van der Waals surface area contributed by atoms with Gasteiger partial charge in [0.1, 0.15) is 0 Å². The second kappa shape index (κ2) is 9.19. The monoisotopic (exact) mass is 425 g/mol. The van der Waals surface area contributed by atoms with Crippen molar-refractivity contribution in [3.63, 3.8) is 0 Å². The molecule has 2 aliphatic heterocycles. The summed E-state index contributed by atoms with van der Waals surface area (Å²) in [5.41, 5.74) is 1.39. The van der Waals surface area contributed by atoms with E-state index in [0.717, 1.165) is 70.3 Å². The molecular formula is C24H31N3O4. The first-order valence-corrected chi connectivity index (χ1v) is 11.2. The first-order valence-electron chi connectivity index (χ1n) is 11.2. The number of anilines is 2. The molecule has 2 N–H and O–H groups in total. The number of ether oxygens (including phenoxy) is 1. The molecular weight excluding hydrogens is 394 g/mol. The number of carbonyl (C=O) groups excluding carboxylic acids is 2. The number of piperidine rings is 1. The van der Waals surface area contributed by atoms with Crippen LogP contribution in [-0.4, -0.2) is 60.4 Å². The lowest BCUT2D eigenvalue weighted by molar-refractivity contribution is -0.139. The summed E-state index contributed by atoms with van der Waals surface area (Å²) in [6.45, 7) is 2.42. The minimum absolute atomic E-state index is 0.0632. The van der Waals surface area contributed by atoms with Gasteiger partial charge in [-0.1, -0.05) is 5.92 Å². The van der Waals surface area contributed by atoms with Crippen LogP contribution in [-0.2, 0) is 9.53 Å². The standard InChI is InChI=1S/C24H31N3O4/c1-2-16-31-23(30)25-18-4-6-19(7-5-18)26-14-3-12-24(17-26)13-15-27(22(24)29)20-8-10-21(28)11-9-20/h1,4-7,20-21,28H,3,8-17H2,(H,25,30). The summed E-state index contributed by atoms with van der Waals surface area (Å²) in [5, 5.41) is 12.5. The predicted octanol–water partition coefficient (Wildman–Crippen LogP) is 2.99. The molecule has 1 unspecified atom stereocenters. The van der Waals surface area contributed by atoms with Gasteiger partial charge in [-0.15, -0.1) is 6.42 Å². The number of amides is 2. The van der Waals surface area contributed by atoms with Crippen LogP contribution in [0, 0.1) is 17.8 Å². The van der Waals surface area contributed by atoms with Gasteiger partial charge in [-0.05, 0) is 69.2 Å². The van der Waals surface area contributed by atoms with E-state index in [2.05, 4.69) is 21.0 Å². The second-order valence-electron chi connectivity index (χ2n) is 8.97. The Bertz CT molecular complexity index is 841. The average molecular weight is 426 g/mol. The van der Waals surface area contributed by atoms with Crippen LogP contribution in [0.1, 0.15) is 44.9 Å². The molecule has 0 bridgehead atoms. The van der Waals surface area contributed by atoms with Crippen molar-refractivity contribution < 1.29 is 19.4 Å². The third-order valence-corrected chi connectivity index (χ3v) is 7.00. The number of nitrogens with zero attached hydrogens (tertiary/aromatic N) is 2. The van der Waals surface area contributed by atoms with Crippen molar-refractivity contribution >= 4 is 23.4 Å². The highest BCUT2D eigenvalue weighted by atomic mass is 16.5. The Kier molecular flexibility index (Phi) is 6.38. The van der Waals surface area contributed by atoms with Crippen molar-refractivity contribution in [2.75, 3.05) is 36.5 Å². The molecule has 7 heteroatoms. The average Bonchev–Trinajstić information content (AvgIpc) is 3.09. The highest BCUT2D eigenvalue weighted by Crippen LogP contribution is 2.43. The first-order chi connectivity index (χ1) is 15.0. The summed E-state index contributed by atoms with van der Waals surface area (Å²) >= 11 is 0. The third kappa shape index (κ3) is 4.64. The Morgan fingerprint density at radius 3 is 2.65 bits per heavy atom. The van der Waals surface area contributed by atoms with Crippen LogP contribution >= 0.6 is 0 Å². The van der Waals surface area contributed by atoms with Gasteiger partial charge < -0.3 is 19.6 Å². The van der Waals surface area contributed by atoms with Crippen molar-refractivity contribution in [2.45, 2.75) is 57.1 Å². The molecule has 1 saturated carbocycles. The van der Waals surface area contributed by atoms with Crippen LogP contribution in [0.4, 0.5) is 16.2 Å². The van der Waals surface area contributed by atoms with Gasteiger partial charge in [0.25, 0.3) is 0 Å². The summed E-state index contributed by atoms with van der Waals surface area (Å²) in [7, 11) is 0. The molecule has 0 aromatic heterocycles. The summed E-state index contributed by atoms with van der Waals surface area (Å²) in [6, 6.07) is 7.89. The second-order valence-corrected chi connectivity index (χ2v) is 8.97. The number of benzene rings is 1. The maximum atomic E-state index is 13.5. The number of hydrogen-bond acceptors (Lipinski definition) is 5. The van der Waals surface area contributed by atoms with Crippen molar-refractivity contribution in [2.24, 2.45) is 5.41 Å². The fourth-order valence-corrected chi connectivity index (χ4v) is 5.31. The molecule has 2 saturated heterocycles. The third-order valence-electron chi connectivity index (χ3n) is 7.00. The summed E-state index contributed by atoms with van der Waals surface area (Å²) in [4.78, 5) is 29.5. The number of nitrogens with one attached hydrogen (secondary N) is 1. The largest absolute Gasteiger partial charge is 0.436 e. The van der Waals surface area contributed by atoms with Crippen LogP contribution in [0.25, 0.3) is 0 Å². The van der Waals surface area contributed by atoms with Gasteiger partial charge in [-0.25, -0.2) is 4.79 Å². The van der Waals surface area contributed by atoms with Gasteiger partial charge in [0.2, 0.25) is 5.91 Å². The Morgan fingerprint density at radius 1 is 1.19 bits per heavy atom. The van der Waals surface area contributed by atoms with Crippen LogP contribution in [0.3, 0.4) is 0 Å². The van der Waals surface area contributed by atoms with Gasteiger partial charge in [0.05, 0.1) is 11.5 Å². The number of likely N-dealkylation sites (tertiary alicyclic amines) is 1. The zero-order valence-corrected chi connectivity index (χ0v) is 17.9. The minimum Gasteiger partial charge on any atom is -0.436 e. The lowest BCUT2D eigenvalue weighted by atomic mass is 9.78. The Morgan fingerprint density at radius 2 is 1.94 bits per heavy atom. The molecule has 2 heterocycles. The minimum atomic E-state index is -0.575. The van der Waals surface area contributed by atoms with E-state index < -0.39 is 6.09 Å². The van der Waals surface area contributed by atoms with Crippen molar-refractivity contribution in [1.29, 1.82) is 0 Å². The maximum absolute atomic E-state index is 13.5. The highest BCUT2D eigenvalue weighted by Gasteiger charge is 2.50. The molecule has 166 valence electrons. The quantitative estimate of drug-likeness (QED) is 0.725. The van der Waals surface area contributed by atoms with E-state index >= 15 is 0 Å². The fraction of sp³-hybridized carbons (Fsp3) is 0.583.